The van der Waals surface area contributed by atoms with E-state index in [1.807, 2.05) is 0 Å². The number of nitrogens with zero attached hydrogens (tertiary/aromatic N) is 5. The molecule has 0 saturated carbocycles. The van der Waals surface area contributed by atoms with E-state index in [4.69, 9.17) is 5.10 Å². The highest BCUT2D eigenvalue weighted by Gasteiger charge is 2.34. The van der Waals surface area contributed by atoms with E-state index in [1.165, 1.54) is 69.9 Å². The van der Waals surface area contributed by atoms with Crippen molar-refractivity contribution in [2.45, 2.75) is 51.7 Å². The molecule has 1 aromatic heterocycles. The van der Waals surface area contributed by atoms with Gasteiger partial charge in [0, 0.05) is 64.9 Å². The van der Waals surface area contributed by atoms with Gasteiger partial charge in [-0.3, -0.25) is 19.4 Å². The smallest absolute Gasteiger partial charge is 0.0660 e. The van der Waals surface area contributed by atoms with Crippen molar-refractivity contribution in [1.82, 2.24) is 24.5 Å². The van der Waals surface area contributed by atoms with Crippen LogP contribution in [0, 0.1) is 0 Å². The van der Waals surface area contributed by atoms with Gasteiger partial charge in [-0.1, -0.05) is 0 Å². The molecule has 1 aliphatic carbocycles. The second-order valence-corrected chi connectivity index (χ2v) is 7.86. The summed E-state index contributed by atoms with van der Waals surface area (Å²) in [4.78, 5) is 7.92. The maximum atomic E-state index is 4.71. The standard InChI is InChI=1S/C18H31N5/c1-14(2)22-7-9-23(10-8-22)15-11-21(12-15)13-18-16-5-4-6-17(16)19-20(18)3/h14-15H,4-13H2,1-3H3. The molecular weight excluding hydrogens is 286 g/mol. The zero-order chi connectivity index (χ0) is 16.0. The summed E-state index contributed by atoms with van der Waals surface area (Å²) in [5.74, 6) is 0. The Morgan fingerprint density at radius 1 is 1.09 bits per heavy atom. The van der Waals surface area contributed by atoms with Gasteiger partial charge >= 0.3 is 0 Å². The molecule has 3 heterocycles. The largest absolute Gasteiger partial charge is 0.298 e. The predicted octanol–water partition coefficient (Wildman–Crippen LogP) is 1.12. The second kappa shape index (κ2) is 6.19. The van der Waals surface area contributed by atoms with Gasteiger partial charge in [-0.15, -0.1) is 0 Å². The van der Waals surface area contributed by atoms with Crippen molar-refractivity contribution >= 4 is 0 Å². The fourth-order valence-corrected chi connectivity index (χ4v) is 4.52. The Hall–Kier alpha value is -0.910. The lowest BCUT2D eigenvalue weighted by Gasteiger charge is -2.48. The van der Waals surface area contributed by atoms with E-state index in [0.717, 1.165) is 12.6 Å². The lowest BCUT2D eigenvalue weighted by Crippen LogP contribution is -2.63. The molecule has 4 rings (SSSR count). The summed E-state index contributed by atoms with van der Waals surface area (Å²) in [5.41, 5.74) is 4.39. The van der Waals surface area contributed by atoms with Gasteiger partial charge in [-0.2, -0.15) is 5.10 Å². The molecule has 0 N–H and O–H groups in total. The summed E-state index contributed by atoms with van der Waals surface area (Å²) in [6.45, 7) is 13.2. The van der Waals surface area contributed by atoms with Gasteiger partial charge in [0.25, 0.3) is 0 Å². The number of hydrogen-bond donors (Lipinski definition) is 0. The van der Waals surface area contributed by atoms with Crippen LogP contribution in [0.15, 0.2) is 0 Å². The predicted molar refractivity (Wildman–Crippen MR) is 92.6 cm³/mol. The summed E-state index contributed by atoms with van der Waals surface area (Å²) in [6, 6.07) is 1.48. The van der Waals surface area contributed by atoms with Crippen LogP contribution in [0.5, 0.6) is 0 Å². The molecule has 2 aliphatic heterocycles. The highest BCUT2D eigenvalue weighted by atomic mass is 15.4. The quantitative estimate of drug-likeness (QED) is 0.832. The molecular formula is C18H31N5. The second-order valence-electron chi connectivity index (χ2n) is 7.86. The average molecular weight is 317 g/mol. The van der Waals surface area contributed by atoms with Gasteiger partial charge in [0.1, 0.15) is 0 Å². The van der Waals surface area contributed by atoms with Crippen molar-refractivity contribution in [3.63, 3.8) is 0 Å². The number of piperazine rings is 1. The molecule has 23 heavy (non-hydrogen) atoms. The van der Waals surface area contributed by atoms with E-state index in [-0.39, 0.29) is 0 Å². The Morgan fingerprint density at radius 2 is 1.83 bits per heavy atom. The van der Waals surface area contributed by atoms with Crippen LogP contribution in [0.3, 0.4) is 0 Å². The van der Waals surface area contributed by atoms with Gasteiger partial charge in [0.05, 0.1) is 11.4 Å². The van der Waals surface area contributed by atoms with E-state index < -0.39 is 0 Å². The summed E-state index contributed by atoms with van der Waals surface area (Å²) in [7, 11) is 2.12. The van der Waals surface area contributed by atoms with E-state index >= 15 is 0 Å². The highest BCUT2D eigenvalue weighted by molar-refractivity contribution is 5.30. The van der Waals surface area contributed by atoms with E-state index in [9.17, 15) is 0 Å². The first-order valence-electron chi connectivity index (χ1n) is 9.36. The van der Waals surface area contributed by atoms with Gasteiger partial charge in [-0.05, 0) is 38.7 Å². The van der Waals surface area contributed by atoms with Crippen LogP contribution < -0.4 is 0 Å². The summed E-state index contributed by atoms with van der Waals surface area (Å²) >= 11 is 0. The Balaban J connectivity index is 1.28. The van der Waals surface area contributed by atoms with Crippen molar-refractivity contribution in [3.05, 3.63) is 17.0 Å². The number of aromatic nitrogens is 2. The van der Waals surface area contributed by atoms with Crippen molar-refractivity contribution < 1.29 is 0 Å². The van der Waals surface area contributed by atoms with Crippen LogP contribution in [0.2, 0.25) is 0 Å². The maximum absolute atomic E-state index is 4.71. The van der Waals surface area contributed by atoms with Crippen molar-refractivity contribution in [1.29, 1.82) is 0 Å². The normalized spacial score (nSPS) is 24.3. The van der Waals surface area contributed by atoms with Gasteiger partial charge in [-0.25, -0.2) is 0 Å². The molecule has 3 aliphatic rings. The Kier molecular flexibility index (Phi) is 4.20. The minimum Gasteiger partial charge on any atom is -0.298 e. The number of fused-ring (bicyclic) bond motifs is 1. The first-order valence-corrected chi connectivity index (χ1v) is 9.36. The van der Waals surface area contributed by atoms with Gasteiger partial charge in [0.2, 0.25) is 0 Å². The summed E-state index contributed by atoms with van der Waals surface area (Å²) in [6.07, 6.45) is 3.73. The topological polar surface area (TPSA) is 27.5 Å². The molecule has 5 heteroatoms. The Bertz CT molecular complexity index is 550. The maximum Gasteiger partial charge on any atom is 0.0660 e. The molecule has 2 saturated heterocycles. The van der Waals surface area contributed by atoms with Crippen LogP contribution in [0.25, 0.3) is 0 Å². The SMILES string of the molecule is CC(C)N1CCN(C2CN(Cc3c4c(nn3C)CCC4)C2)CC1. The minimum absolute atomic E-state index is 0.696. The van der Waals surface area contributed by atoms with E-state index in [2.05, 4.69) is 40.3 Å². The third-order valence-corrected chi connectivity index (χ3v) is 6.11. The highest BCUT2D eigenvalue weighted by Crippen LogP contribution is 2.27. The van der Waals surface area contributed by atoms with Crippen LogP contribution in [0.1, 0.15) is 37.2 Å². The van der Waals surface area contributed by atoms with Gasteiger partial charge in [0.15, 0.2) is 0 Å². The van der Waals surface area contributed by atoms with Crippen LogP contribution >= 0.6 is 0 Å². The van der Waals surface area contributed by atoms with E-state index in [0.29, 0.717) is 6.04 Å². The van der Waals surface area contributed by atoms with Crippen LogP contribution in [-0.4, -0.2) is 75.8 Å². The first-order chi connectivity index (χ1) is 11.1. The fraction of sp³-hybridized carbons (Fsp3) is 0.833. The zero-order valence-electron chi connectivity index (χ0n) is 15.0. The zero-order valence-corrected chi connectivity index (χ0v) is 15.0. The van der Waals surface area contributed by atoms with Crippen molar-refractivity contribution in [2.75, 3.05) is 39.3 Å². The van der Waals surface area contributed by atoms with Crippen LogP contribution in [0.4, 0.5) is 0 Å². The number of hydrogen-bond acceptors (Lipinski definition) is 4. The number of aryl methyl sites for hydroxylation is 2. The minimum atomic E-state index is 0.696. The van der Waals surface area contributed by atoms with Crippen molar-refractivity contribution in [2.24, 2.45) is 7.05 Å². The fourth-order valence-electron chi connectivity index (χ4n) is 4.52. The third kappa shape index (κ3) is 2.94. The molecule has 0 aromatic carbocycles. The lowest BCUT2D eigenvalue weighted by atomic mass is 10.0. The molecule has 0 radical (unpaired) electrons. The molecule has 0 bridgehead atoms. The molecule has 128 valence electrons. The third-order valence-electron chi connectivity index (χ3n) is 6.11. The summed E-state index contributed by atoms with van der Waals surface area (Å²) < 4.78 is 2.14. The monoisotopic (exact) mass is 317 g/mol. The molecule has 2 fully saturated rings. The Morgan fingerprint density at radius 3 is 2.52 bits per heavy atom. The lowest BCUT2D eigenvalue weighted by molar-refractivity contribution is -0.00513. The molecule has 0 atom stereocenters. The van der Waals surface area contributed by atoms with Crippen LogP contribution in [-0.2, 0) is 26.4 Å². The van der Waals surface area contributed by atoms with Crippen molar-refractivity contribution in [3.8, 4) is 0 Å². The Labute approximate surface area is 140 Å². The molecule has 0 amide bonds. The van der Waals surface area contributed by atoms with Gasteiger partial charge < -0.3 is 0 Å². The average Bonchev–Trinajstić information content (AvgIpc) is 3.04. The number of rotatable bonds is 4. The number of likely N-dealkylation sites (tertiary alicyclic amines) is 1. The van der Waals surface area contributed by atoms with E-state index in [1.54, 1.807) is 5.56 Å². The first kappa shape index (κ1) is 15.6. The molecule has 0 spiro atoms. The molecule has 0 unspecified atom stereocenters. The molecule has 5 nitrogen and oxygen atoms in total. The molecule has 1 aromatic rings. The summed E-state index contributed by atoms with van der Waals surface area (Å²) in [5, 5.41) is 4.71.